The van der Waals surface area contributed by atoms with Gasteiger partial charge in [0.15, 0.2) is 11.6 Å². The lowest BCUT2D eigenvalue weighted by molar-refractivity contribution is 0.284. The van der Waals surface area contributed by atoms with Gasteiger partial charge in [-0.15, -0.1) is 0 Å². The number of likely N-dealkylation sites (N-methyl/N-ethyl adjacent to an activating group) is 1. The molecule has 0 fully saturated rings. The van der Waals surface area contributed by atoms with Gasteiger partial charge in [0.25, 0.3) is 0 Å². The summed E-state index contributed by atoms with van der Waals surface area (Å²) in [5.74, 6) is 0.0711. The Morgan fingerprint density at radius 2 is 2.00 bits per heavy atom. The first-order chi connectivity index (χ1) is 9.70. The molecular formula is C16H29FN4. The van der Waals surface area contributed by atoms with E-state index in [0.29, 0.717) is 30.5 Å². The monoisotopic (exact) mass is 296 g/mol. The van der Waals surface area contributed by atoms with Crippen LogP contribution in [0.3, 0.4) is 0 Å². The summed E-state index contributed by atoms with van der Waals surface area (Å²) in [5, 5.41) is 6.37. The van der Waals surface area contributed by atoms with E-state index >= 15 is 0 Å². The lowest BCUT2D eigenvalue weighted by atomic mass is 10.1. The van der Waals surface area contributed by atoms with Crippen molar-refractivity contribution in [2.75, 3.05) is 25.5 Å². The van der Waals surface area contributed by atoms with E-state index in [1.165, 1.54) is 0 Å². The molecule has 0 aliphatic heterocycles. The van der Waals surface area contributed by atoms with Crippen molar-refractivity contribution in [3.8, 4) is 0 Å². The Hall–Kier alpha value is -1.20. The highest BCUT2D eigenvalue weighted by molar-refractivity contribution is 5.39. The second kappa shape index (κ2) is 7.71. The number of pyridine rings is 1. The molecule has 21 heavy (non-hydrogen) atoms. The second-order valence-electron chi connectivity index (χ2n) is 6.74. The number of nitrogens with one attached hydrogen (secondary N) is 2. The summed E-state index contributed by atoms with van der Waals surface area (Å²) in [6.45, 7) is 12.5. The van der Waals surface area contributed by atoms with E-state index in [-0.39, 0.29) is 11.4 Å². The zero-order valence-corrected chi connectivity index (χ0v) is 14.1. The average Bonchev–Trinajstić information content (AvgIpc) is 2.38. The molecule has 5 heteroatoms. The van der Waals surface area contributed by atoms with Gasteiger partial charge in [-0.1, -0.05) is 0 Å². The van der Waals surface area contributed by atoms with E-state index in [9.17, 15) is 4.39 Å². The minimum Gasteiger partial charge on any atom is -0.366 e. The third kappa shape index (κ3) is 6.40. The SMILES string of the molecule is CC(C)N(C)CCNc1nccc(CNC(C)(C)C)c1F. The molecule has 1 rings (SSSR count). The number of hydrogen-bond donors (Lipinski definition) is 2. The third-order valence-corrected chi connectivity index (χ3v) is 3.42. The van der Waals surface area contributed by atoms with Crippen molar-refractivity contribution in [1.29, 1.82) is 0 Å². The van der Waals surface area contributed by atoms with Gasteiger partial charge in [0.1, 0.15) is 0 Å². The van der Waals surface area contributed by atoms with Crippen molar-refractivity contribution < 1.29 is 4.39 Å². The maximum atomic E-state index is 14.4. The predicted molar refractivity (Wildman–Crippen MR) is 87.0 cm³/mol. The van der Waals surface area contributed by atoms with E-state index in [1.807, 2.05) is 0 Å². The first kappa shape index (κ1) is 17.9. The van der Waals surface area contributed by atoms with Gasteiger partial charge in [0.2, 0.25) is 0 Å². The number of halogens is 1. The second-order valence-corrected chi connectivity index (χ2v) is 6.74. The van der Waals surface area contributed by atoms with Crippen LogP contribution in [0.2, 0.25) is 0 Å². The molecule has 4 nitrogen and oxygen atoms in total. The van der Waals surface area contributed by atoms with Crippen LogP contribution in [-0.4, -0.2) is 41.6 Å². The Kier molecular flexibility index (Phi) is 6.55. The molecule has 0 unspecified atom stereocenters. The van der Waals surface area contributed by atoms with E-state index in [0.717, 1.165) is 6.54 Å². The van der Waals surface area contributed by atoms with Crippen LogP contribution in [0, 0.1) is 5.82 Å². The molecule has 120 valence electrons. The van der Waals surface area contributed by atoms with Crippen LogP contribution in [0.4, 0.5) is 10.2 Å². The Morgan fingerprint density at radius 3 is 2.57 bits per heavy atom. The van der Waals surface area contributed by atoms with Crippen LogP contribution in [0.5, 0.6) is 0 Å². The van der Waals surface area contributed by atoms with Crippen LogP contribution in [0.1, 0.15) is 40.2 Å². The molecule has 0 aliphatic rings. The molecule has 0 atom stereocenters. The maximum Gasteiger partial charge on any atom is 0.169 e. The van der Waals surface area contributed by atoms with Crippen molar-refractivity contribution in [3.63, 3.8) is 0 Å². The summed E-state index contributed by atoms with van der Waals surface area (Å²) < 4.78 is 14.4. The zero-order valence-electron chi connectivity index (χ0n) is 14.1. The van der Waals surface area contributed by atoms with Gasteiger partial charge in [0, 0.05) is 43.0 Å². The highest BCUT2D eigenvalue weighted by Gasteiger charge is 2.13. The van der Waals surface area contributed by atoms with Gasteiger partial charge in [-0.2, -0.15) is 0 Å². The quantitative estimate of drug-likeness (QED) is 0.812. The van der Waals surface area contributed by atoms with Crippen molar-refractivity contribution in [1.82, 2.24) is 15.2 Å². The Labute approximate surface area is 128 Å². The fourth-order valence-electron chi connectivity index (χ4n) is 1.71. The smallest absolute Gasteiger partial charge is 0.169 e. The van der Waals surface area contributed by atoms with Crippen LogP contribution in [0.15, 0.2) is 12.3 Å². The topological polar surface area (TPSA) is 40.2 Å². The molecule has 0 aromatic carbocycles. The van der Waals surface area contributed by atoms with Gasteiger partial charge in [-0.25, -0.2) is 9.37 Å². The number of rotatable bonds is 7. The zero-order chi connectivity index (χ0) is 16.0. The predicted octanol–water partition coefficient (Wildman–Crippen LogP) is 2.86. The standard InChI is InChI=1S/C16H29FN4/c1-12(2)21(6)10-9-19-15-14(17)13(7-8-18-15)11-20-16(3,4)5/h7-8,12,20H,9-11H2,1-6H3,(H,18,19). The van der Waals surface area contributed by atoms with Gasteiger partial charge < -0.3 is 15.5 Å². The summed E-state index contributed by atoms with van der Waals surface area (Å²) in [7, 11) is 2.06. The minimum absolute atomic E-state index is 0.0384. The number of hydrogen-bond acceptors (Lipinski definition) is 4. The third-order valence-electron chi connectivity index (χ3n) is 3.42. The molecule has 1 aromatic heterocycles. The van der Waals surface area contributed by atoms with E-state index < -0.39 is 0 Å². The van der Waals surface area contributed by atoms with Crippen LogP contribution in [0.25, 0.3) is 0 Å². The van der Waals surface area contributed by atoms with Gasteiger partial charge in [0.05, 0.1) is 0 Å². The molecule has 2 N–H and O–H groups in total. The fraction of sp³-hybridized carbons (Fsp3) is 0.688. The average molecular weight is 296 g/mol. The summed E-state index contributed by atoms with van der Waals surface area (Å²) >= 11 is 0. The molecule has 1 aromatic rings. The van der Waals surface area contributed by atoms with Gasteiger partial charge in [-0.05, 0) is 47.7 Å². The highest BCUT2D eigenvalue weighted by Crippen LogP contribution is 2.15. The van der Waals surface area contributed by atoms with Gasteiger partial charge in [-0.3, -0.25) is 0 Å². The Balaban J connectivity index is 2.60. The van der Waals surface area contributed by atoms with Crippen LogP contribution in [-0.2, 0) is 6.54 Å². The van der Waals surface area contributed by atoms with Crippen molar-refractivity contribution in [2.45, 2.75) is 52.7 Å². The lowest BCUT2D eigenvalue weighted by Gasteiger charge is -2.22. The van der Waals surface area contributed by atoms with Gasteiger partial charge >= 0.3 is 0 Å². The van der Waals surface area contributed by atoms with E-state index in [4.69, 9.17) is 0 Å². The van der Waals surface area contributed by atoms with Crippen molar-refractivity contribution in [3.05, 3.63) is 23.6 Å². The molecule has 0 saturated carbocycles. The summed E-state index contributed by atoms with van der Waals surface area (Å²) in [4.78, 5) is 6.30. The Morgan fingerprint density at radius 1 is 1.33 bits per heavy atom. The fourth-order valence-corrected chi connectivity index (χ4v) is 1.71. The first-order valence-electron chi connectivity index (χ1n) is 7.53. The normalized spacial score (nSPS) is 12.2. The minimum atomic E-state index is -0.263. The van der Waals surface area contributed by atoms with E-state index in [1.54, 1.807) is 12.3 Å². The summed E-state index contributed by atoms with van der Waals surface area (Å²) in [6, 6.07) is 2.20. The molecule has 0 saturated heterocycles. The van der Waals surface area contributed by atoms with Crippen molar-refractivity contribution >= 4 is 5.82 Å². The summed E-state index contributed by atoms with van der Waals surface area (Å²) in [6.07, 6.45) is 1.65. The van der Waals surface area contributed by atoms with Crippen molar-refractivity contribution in [2.24, 2.45) is 0 Å². The van der Waals surface area contributed by atoms with Crippen LogP contribution >= 0.6 is 0 Å². The molecular weight excluding hydrogens is 267 g/mol. The molecule has 0 amide bonds. The largest absolute Gasteiger partial charge is 0.366 e. The number of aromatic nitrogens is 1. The molecule has 0 radical (unpaired) electrons. The molecule has 1 heterocycles. The Bertz CT molecular complexity index is 440. The molecule has 0 spiro atoms. The first-order valence-corrected chi connectivity index (χ1v) is 7.53. The number of anilines is 1. The summed E-state index contributed by atoms with van der Waals surface area (Å²) in [5.41, 5.74) is 0.600. The van der Waals surface area contributed by atoms with E-state index in [2.05, 4.69) is 62.2 Å². The number of nitrogens with zero attached hydrogens (tertiary/aromatic N) is 2. The maximum absolute atomic E-state index is 14.4. The molecule has 0 aliphatic carbocycles. The molecule has 0 bridgehead atoms. The van der Waals surface area contributed by atoms with Crippen LogP contribution < -0.4 is 10.6 Å². The lowest BCUT2D eigenvalue weighted by Crippen LogP contribution is -2.35. The highest BCUT2D eigenvalue weighted by atomic mass is 19.1.